The number of carbonyl (C=O) groups is 3. The van der Waals surface area contributed by atoms with E-state index in [1.165, 1.54) is 0 Å². The van der Waals surface area contributed by atoms with Gasteiger partial charge in [0, 0.05) is 32.1 Å². The predicted molar refractivity (Wildman–Crippen MR) is 72.7 cm³/mol. The second-order valence-corrected chi connectivity index (χ2v) is 5.33. The molecule has 8 nitrogen and oxygen atoms in total. The van der Waals surface area contributed by atoms with Crippen molar-refractivity contribution in [2.75, 3.05) is 32.8 Å². The maximum Gasteiger partial charge on any atom is 0.317 e. The van der Waals surface area contributed by atoms with E-state index in [2.05, 4.69) is 10.6 Å². The number of carboxylic acid groups (broad SMARTS) is 1. The van der Waals surface area contributed by atoms with Crippen LogP contribution in [0.1, 0.15) is 19.3 Å². The van der Waals surface area contributed by atoms with Gasteiger partial charge >= 0.3 is 12.0 Å². The fourth-order valence-electron chi connectivity index (χ4n) is 2.18. The lowest BCUT2D eigenvalue weighted by Crippen LogP contribution is -2.51. The van der Waals surface area contributed by atoms with Gasteiger partial charge in [0.05, 0.1) is 19.1 Å². The van der Waals surface area contributed by atoms with Gasteiger partial charge in [-0.2, -0.15) is 0 Å². The molecule has 2 rings (SSSR count). The van der Waals surface area contributed by atoms with E-state index in [1.54, 1.807) is 4.90 Å². The molecular weight excluding hydrogens is 278 g/mol. The Morgan fingerprint density at radius 1 is 1.19 bits per heavy atom. The van der Waals surface area contributed by atoms with Crippen LogP contribution in [0.3, 0.4) is 0 Å². The third kappa shape index (κ3) is 5.22. The van der Waals surface area contributed by atoms with Crippen molar-refractivity contribution in [2.24, 2.45) is 5.92 Å². The number of hydrogen-bond donors (Lipinski definition) is 3. The maximum atomic E-state index is 11.9. The maximum absolute atomic E-state index is 11.9. The lowest BCUT2D eigenvalue weighted by molar-refractivity contribution is -0.141. The number of morpholine rings is 1. The lowest BCUT2D eigenvalue weighted by atomic mass is 10.2. The number of urea groups is 1. The molecule has 0 aromatic rings. The lowest BCUT2D eigenvalue weighted by Gasteiger charge is -2.32. The Morgan fingerprint density at radius 2 is 1.90 bits per heavy atom. The zero-order valence-corrected chi connectivity index (χ0v) is 11.8. The molecule has 1 atom stereocenters. The summed E-state index contributed by atoms with van der Waals surface area (Å²) in [4.78, 5) is 35.5. The summed E-state index contributed by atoms with van der Waals surface area (Å²) in [5, 5.41) is 14.2. The van der Waals surface area contributed by atoms with E-state index < -0.39 is 12.1 Å². The largest absolute Gasteiger partial charge is 0.481 e. The first-order chi connectivity index (χ1) is 10.1. The molecule has 8 heteroatoms. The zero-order valence-electron chi connectivity index (χ0n) is 11.8. The standard InChI is InChI=1S/C13H21N3O5/c17-11(18)7-10-8-16(5-6-21-10)13(20)15-4-3-14-12(19)9-1-2-9/h9-10H,1-8H2,(H,14,19)(H,15,20)(H,17,18). The van der Waals surface area contributed by atoms with Crippen molar-refractivity contribution in [1.82, 2.24) is 15.5 Å². The Morgan fingerprint density at radius 3 is 2.57 bits per heavy atom. The molecule has 1 unspecified atom stereocenters. The summed E-state index contributed by atoms with van der Waals surface area (Å²) in [6.45, 7) is 1.81. The van der Waals surface area contributed by atoms with Crippen molar-refractivity contribution in [3.8, 4) is 0 Å². The monoisotopic (exact) mass is 299 g/mol. The number of amides is 3. The predicted octanol–water partition coefficient (Wildman–Crippen LogP) is -0.602. The second-order valence-electron chi connectivity index (χ2n) is 5.33. The van der Waals surface area contributed by atoms with Gasteiger partial charge in [-0.3, -0.25) is 9.59 Å². The van der Waals surface area contributed by atoms with Gasteiger partial charge in [-0.15, -0.1) is 0 Å². The third-order valence-electron chi connectivity index (χ3n) is 3.48. The van der Waals surface area contributed by atoms with E-state index in [0.29, 0.717) is 26.2 Å². The fraction of sp³-hybridized carbons (Fsp3) is 0.769. The fourth-order valence-corrected chi connectivity index (χ4v) is 2.18. The van der Waals surface area contributed by atoms with Crippen LogP contribution in [0.25, 0.3) is 0 Å². The Kier molecular flexibility index (Phi) is 5.38. The summed E-state index contributed by atoms with van der Waals surface area (Å²) < 4.78 is 5.30. The van der Waals surface area contributed by atoms with Gasteiger partial charge in [-0.05, 0) is 12.8 Å². The molecule has 0 radical (unpaired) electrons. The highest BCUT2D eigenvalue weighted by Crippen LogP contribution is 2.28. The van der Waals surface area contributed by atoms with Crippen molar-refractivity contribution in [1.29, 1.82) is 0 Å². The van der Waals surface area contributed by atoms with Crippen LogP contribution < -0.4 is 10.6 Å². The van der Waals surface area contributed by atoms with Crippen molar-refractivity contribution in [3.05, 3.63) is 0 Å². The summed E-state index contributed by atoms with van der Waals surface area (Å²) in [5.41, 5.74) is 0. The van der Waals surface area contributed by atoms with E-state index in [4.69, 9.17) is 9.84 Å². The van der Waals surface area contributed by atoms with Crippen molar-refractivity contribution >= 4 is 17.9 Å². The van der Waals surface area contributed by atoms with E-state index in [9.17, 15) is 14.4 Å². The highest BCUT2D eigenvalue weighted by atomic mass is 16.5. The molecule has 1 heterocycles. The highest BCUT2D eigenvalue weighted by Gasteiger charge is 2.29. The molecule has 1 saturated heterocycles. The van der Waals surface area contributed by atoms with Gasteiger partial charge in [0.1, 0.15) is 0 Å². The molecule has 0 aromatic heterocycles. The molecular formula is C13H21N3O5. The highest BCUT2D eigenvalue weighted by molar-refractivity contribution is 5.81. The minimum absolute atomic E-state index is 0.0529. The number of carbonyl (C=O) groups excluding carboxylic acids is 2. The molecule has 1 aliphatic heterocycles. The van der Waals surface area contributed by atoms with Gasteiger partial charge in [0.25, 0.3) is 0 Å². The van der Waals surface area contributed by atoms with E-state index in [1.807, 2.05) is 0 Å². The average molecular weight is 299 g/mol. The van der Waals surface area contributed by atoms with E-state index in [0.717, 1.165) is 12.8 Å². The summed E-state index contributed by atoms with van der Waals surface area (Å²) in [6.07, 6.45) is 1.34. The first-order valence-corrected chi connectivity index (χ1v) is 7.20. The van der Waals surface area contributed by atoms with Gasteiger partial charge < -0.3 is 25.4 Å². The van der Waals surface area contributed by atoms with Crippen LogP contribution >= 0.6 is 0 Å². The Labute approximate surface area is 122 Å². The van der Waals surface area contributed by atoms with Crippen LogP contribution in [-0.2, 0) is 14.3 Å². The van der Waals surface area contributed by atoms with Gasteiger partial charge in [0.2, 0.25) is 5.91 Å². The SMILES string of the molecule is O=C(O)CC1CN(C(=O)NCCNC(=O)C2CC2)CCO1. The van der Waals surface area contributed by atoms with Crippen molar-refractivity contribution in [2.45, 2.75) is 25.4 Å². The van der Waals surface area contributed by atoms with Crippen molar-refractivity contribution in [3.63, 3.8) is 0 Å². The molecule has 0 aromatic carbocycles. The number of nitrogens with one attached hydrogen (secondary N) is 2. The van der Waals surface area contributed by atoms with Crippen LogP contribution in [0.4, 0.5) is 4.79 Å². The molecule has 118 valence electrons. The molecule has 2 fully saturated rings. The number of ether oxygens (including phenoxy) is 1. The zero-order chi connectivity index (χ0) is 15.2. The number of hydrogen-bond acceptors (Lipinski definition) is 4. The van der Waals surface area contributed by atoms with Crippen LogP contribution in [0.2, 0.25) is 0 Å². The Hall–Kier alpha value is -1.83. The summed E-state index contributed by atoms with van der Waals surface area (Å²) in [5.74, 6) is -0.723. The summed E-state index contributed by atoms with van der Waals surface area (Å²) in [7, 11) is 0. The van der Waals surface area contributed by atoms with Crippen LogP contribution in [0, 0.1) is 5.92 Å². The third-order valence-corrected chi connectivity index (χ3v) is 3.48. The quantitative estimate of drug-likeness (QED) is 0.567. The minimum atomic E-state index is -0.940. The average Bonchev–Trinajstić information content (AvgIpc) is 3.27. The first kappa shape index (κ1) is 15.6. The van der Waals surface area contributed by atoms with Crippen molar-refractivity contribution < 1.29 is 24.2 Å². The van der Waals surface area contributed by atoms with Gasteiger partial charge in [-0.1, -0.05) is 0 Å². The molecule has 3 amide bonds. The minimum Gasteiger partial charge on any atom is -0.481 e. The summed E-state index contributed by atoms with van der Waals surface area (Å²) in [6, 6.07) is -0.255. The van der Waals surface area contributed by atoms with E-state index in [-0.39, 0.29) is 30.8 Å². The number of carboxylic acids is 1. The second kappa shape index (κ2) is 7.26. The smallest absolute Gasteiger partial charge is 0.317 e. The van der Waals surface area contributed by atoms with Crippen LogP contribution in [0.15, 0.2) is 0 Å². The number of nitrogens with zero attached hydrogens (tertiary/aromatic N) is 1. The summed E-state index contributed by atoms with van der Waals surface area (Å²) >= 11 is 0. The number of rotatable bonds is 6. The molecule has 0 spiro atoms. The Bertz CT molecular complexity index is 411. The van der Waals surface area contributed by atoms with Gasteiger partial charge in [-0.25, -0.2) is 4.79 Å². The topological polar surface area (TPSA) is 108 Å². The molecule has 2 aliphatic rings. The molecule has 0 bridgehead atoms. The van der Waals surface area contributed by atoms with E-state index >= 15 is 0 Å². The molecule has 21 heavy (non-hydrogen) atoms. The normalized spacial score (nSPS) is 21.7. The molecule has 1 saturated carbocycles. The number of aliphatic carboxylic acids is 1. The van der Waals surface area contributed by atoms with Crippen LogP contribution in [-0.4, -0.2) is 66.8 Å². The Balaban J connectivity index is 1.62. The molecule has 3 N–H and O–H groups in total. The first-order valence-electron chi connectivity index (χ1n) is 7.20. The molecule has 1 aliphatic carbocycles. The van der Waals surface area contributed by atoms with Gasteiger partial charge in [0.15, 0.2) is 0 Å². The van der Waals surface area contributed by atoms with Crippen LogP contribution in [0.5, 0.6) is 0 Å².